The summed E-state index contributed by atoms with van der Waals surface area (Å²) in [7, 11) is 0. The number of rotatable bonds is 5. The van der Waals surface area contributed by atoms with Crippen molar-refractivity contribution in [2.45, 2.75) is 77.2 Å². The van der Waals surface area contributed by atoms with E-state index in [2.05, 4.69) is 6.92 Å². The number of aryl methyl sites for hydroxylation is 1. The largest absolute Gasteiger partial charge is 0.368 e. The Balaban J connectivity index is 1.25. The van der Waals surface area contributed by atoms with Crippen LogP contribution in [0.2, 0.25) is 5.02 Å². The van der Waals surface area contributed by atoms with Crippen molar-refractivity contribution in [3.63, 3.8) is 0 Å². The van der Waals surface area contributed by atoms with Gasteiger partial charge in [0.2, 0.25) is 0 Å². The van der Waals surface area contributed by atoms with E-state index < -0.39 is 0 Å². The molecule has 1 aromatic rings. The zero-order valence-corrected chi connectivity index (χ0v) is 16.7. The van der Waals surface area contributed by atoms with Crippen LogP contribution < -0.4 is 0 Å². The van der Waals surface area contributed by atoms with Crippen LogP contribution in [0.15, 0.2) is 12.1 Å². The van der Waals surface area contributed by atoms with Gasteiger partial charge in [-0.05, 0) is 67.8 Å². The van der Waals surface area contributed by atoms with Gasteiger partial charge in [-0.15, -0.1) is 0 Å². The minimum Gasteiger partial charge on any atom is -0.368 e. The highest BCUT2D eigenvalue weighted by Gasteiger charge is 2.31. The van der Waals surface area contributed by atoms with Gasteiger partial charge in [-0.25, -0.2) is 4.39 Å². The van der Waals surface area contributed by atoms with Crippen molar-refractivity contribution in [2.24, 2.45) is 23.7 Å². The first-order valence-corrected chi connectivity index (χ1v) is 11.1. The van der Waals surface area contributed by atoms with Crippen molar-refractivity contribution in [2.75, 3.05) is 6.61 Å². The van der Waals surface area contributed by atoms with E-state index in [0.717, 1.165) is 42.1 Å². The standard InChI is InChI=1S/C23H32ClFO/c1-15-2-7-17(8-3-15)18-9-4-16(5-10-18)6-11-19-12-13-20(21-14-26-21)23(25)22(19)24/h12-13,15-18,21H,2-11,14H2,1H3. The molecule has 1 unspecified atom stereocenters. The molecular weight excluding hydrogens is 347 g/mol. The Kier molecular flexibility index (Phi) is 5.90. The van der Waals surface area contributed by atoms with Crippen LogP contribution in [0.5, 0.6) is 0 Å². The van der Waals surface area contributed by atoms with E-state index >= 15 is 0 Å². The van der Waals surface area contributed by atoms with Crippen molar-refractivity contribution in [1.29, 1.82) is 0 Å². The molecule has 1 nitrogen and oxygen atoms in total. The fourth-order valence-electron chi connectivity index (χ4n) is 5.34. The third-order valence-electron chi connectivity index (χ3n) is 7.31. The summed E-state index contributed by atoms with van der Waals surface area (Å²) in [6, 6.07) is 3.88. The quantitative estimate of drug-likeness (QED) is 0.497. The van der Waals surface area contributed by atoms with Crippen LogP contribution in [-0.2, 0) is 11.2 Å². The Labute approximate surface area is 162 Å². The lowest BCUT2D eigenvalue weighted by Gasteiger charge is -2.37. The molecule has 1 aliphatic heterocycles. The molecule has 3 aliphatic rings. The van der Waals surface area contributed by atoms with E-state index in [9.17, 15) is 4.39 Å². The zero-order valence-electron chi connectivity index (χ0n) is 16.0. The lowest BCUT2D eigenvalue weighted by molar-refractivity contribution is 0.148. The first-order valence-electron chi connectivity index (χ1n) is 10.7. The van der Waals surface area contributed by atoms with Gasteiger partial charge in [0.15, 0.2) is 0 Å². The van der Waals surface area contributed by atoms with Gasteiger partial charge < -0.3 is 4.74 Å². The maximum Gasteiger partial charge on any atom is 0.147 e. The maximum absolute atomic E-state index is 14.4. The summed E-state index contributed by atoms with van der Waals surface area (Å²) in [6.07, 6.45) is 13.3. The summed E-state index contributed by atoms with van der Waals surface area (Å²) in [4.78, 5) is 0. The minimum atomic E-state index is -0.262. The summed E-state index contributed by atoms with van der Waals surface area (Å²) in [6.45, 7) is 3.03. The first-order chi connectivity index (χ1) is 12.6. The Morgan fingerprint density at radius 1 is 1.00 bits per heavy atom. The monoisotopic (exact) mass is 378 g/mol. The molecule has 4 rings (SSSR count). The van der Waals surface area contributed by atoms with E-state index in [0.29, 0.717) is 17.2 Å². The number of benzene rings is 1. The maximum atomic E-state index is 14.4. The van der Waals surface area contributed by atoms with Gasteiger partial charge in [0, 0.05) is 5.56 Å². The lowest BCUT2D eigenvalue weighted by Crippen LogP contribution is -2.25. The third-order valence-corrected chi connectivity index (χ3v) is 7.72. The second-order valence-corrected chi connectivity index (χ2v) is 9.48. The molecule has 3 fully saturated rings. The Bertz CT molecular complexity index is 611. The van der Waals surface area contributed by atoms with E-state index in [4.69, 9.17) is 16.3 Å². The minimum absolute atomic E-state index is 0.0698. The smallest absolute Gasteiger partial charge is 0.147 e. The van der Waals surface area contributed by atoms with E-state index in [1.54, 1.807) is 0 Å². The van der Waals surface area contributed by atoms with Crippen LogP contribution in [0.25, 0.3) is 0 Å². The lowest BCUT2D eigenvalue weighted by atomic mass is 9.69. The van der Waals surface area contributed by atoms with Gasteiger partial charge in [0.05, 0.1) is 11.6 Å². The summed E-state index contributed by atoms with van der Waals surface area (Å²) >= 11 is 6.29. The highest BCUT2D eigenvalue weighted by Crippen LogP contribution is 2.42. The van der Waals surface area contributed by atoms with Crippen LogP contribution in [0.3, 0.4) is 0 Å². The van der Waals surface area contributed by atoms with E-state index in [1.165, 1.54) is 51.4 Å². The fourth-order valence-corrected chi connectivity index (χ4v) is 5.61. The van der Waals surface area contributed by atoms with Gasteiger partial charge in [-0.2, -0.15) is 0 Å². The first kappa shape index (κ1) is 18.7. The highest BCUT2D eigenvalue weighted by atomic mass is 35.5. The molecule has 1 heterocycles. The average Bonchev–Trinajstić information content (AvgIpc) is 3.49. The molecule has 1 atom stereocenters. The molecule has 26 heavy (non-hydrogen) atoms. The number of epoxide rings is 1. The van der Waals surface area contributed by atoms with E-state index in [-0.39, 0.29) is 11.9 Å². The number of halogens is 2. The van der Waals surface area contributed by atoms with Gasteiger partial charge in [0.25, 0.3) is 0 Å². The topological polar surface area (TPSA) is 12.5 Å². The van der Waals surface area contributed by atoms with Crippen molar-refractivity contribution < 1.29 is 9.13 Å². The molecule has 3 heteroatoms. The number of ether oxygens (including phenoxy) is 1. The van der Waals surface area contributed by atoms with Gasteiger partial charge in [-0.1, -0.05) is 56.3 Å². The normalized spacial score (nSPS) is 34.7. The van der Waals surface area contributed by atoms with Gasteiger partial charge >= 0.3 is 0 Å². The molecule has 0 radical (unpaired) electrons. The predicted octanol–water partition coefficient (Wildman–Crippen LogP) is 7.12. The molecule has 1 saturated heterocycles. The summed E-state index contributed by atoms with van der Waals surface area (Å²) in [5.41, 5.74) is 1.60. The summed E-state index contributed by atoms with van der Waals surface area (Å²) in [5.74, 6) is 3.44. The van der Waals surface area contributed by atoms with Crippen LogP contribution in [0.1, 0.15) is 81.9 Å². The van der Waals surface area contributed by atoms with Crippen molar-refractivity contribution in [3.8, 4) is 0 Å². The Morgan fingerprint density at radius 2 is 1.62 bits per heavy atom. The molecular formula is C23H32ClFO. The predicted molar refractivity (Wildman–Crippen MR) is 105 cm³/mol. The van der Waals surface area contributed by atoms with Crippen molar-refractivity contribution in [1.82, 2.24) is 0 Å². The molecule has 0 aromatic heterocycles. The van der Waals surface area contributed by atoms with Gasteiger partial charge in [0.1, 0.15) is 11.9 Å². The van der Waals surface area contributed by atoms with Gasteiger partial charge in [-0.3, -0.25) is 0 Å². The second kappa shape index (κ2) is 8.19. The van der Waals surface area contributed by atoms with Crippen molar-refractivity contribution in [3.05, 3.63) is 34.1 Å². The summed E-state index contributed by atoms with van der Waals surface area (Å²) < 4.78 is 19.6. The third kappa shape index (κ3) is 4.28. The number of hydrogen-bond donors (Lipinski definition) is 0. The fraction of sp³-hybridized carbons (Fsp3) is 0.739. The molecule has 144 valence electrons. The molecule has 0 amide bonds. The average molecular weight is 379 g/mol. The Hall–Kier alpha value is -0.600. The van der Waals surface area contributed by atoms with Crippen molar-refractivity contribution >= 4 is 11.6 Å². The Morgan fingerprint density at radius 3 is 2.23 bits per heavy atom. The highest BCUT2D eigenvalue weighted by molar-refractivity contribution is 6.31. The molecule has 0 spiro atoms. The van der Waals surface area contributed by atoms with Crippen LogP contribution >= 0.6 is 11.6 Å². The van der Waals surface area contributed by atoms with E-state index in [1.807, 2.05) is 12.1 Å². The molecule has 0 bridgehead atoms. The van der Waals surface area contributed by atoms with Crippen LogP contribution in [-0.4, -0.2) is 6.61 Å². The van der Waals surface area contributed by atoms with Crippen LogP contribution in [0, 0.1) is 29.5 Å². The number of hydrogen-bond acceptors (Lipinski definition) is 1. The molecule has 2 aliphatic carbocycles. The summed E-state index contributed by atoms with van der Waals surface area (Å²) in [5, 5.41) is 0.322. The second-order valence-electron chi connectivity index (χ2n) is 9.10. The van der Waals surface area contributed by atoms with Crippen LogP contribution in [0.4, 0.5) is 4.39 Å². The molecule has 1 aromatic carbocycles. The molecule has 2 saturated carbocycles. The SMILES string of the molecule is CC1CCC(C2CCC(CCc3ccc(C4CO4)c(F)c3Cl)CC2)CC1. The zero-order chi connectivity index (χ0) is 18.1. The molecule has 0 N–H and O–H groups in total.